The second kappa shape index (κ2) is 11.9. The summed E-state index contributed by atoms with van der Waals surface area (Å²) in [5, 5.41) is 27.6. The number of nitriles is 1. The van der Waals surface area contributed by atoms with Gasteiger partial charge in [0.15, 0.2) is 0 Å². The van der Waals surface area contributed by atoms with Crippen LogP contribution in [0.2, 0.25) is 0 Å². The third-order valence-electron chi connectivity index (χ3n) is 6.78. The first-order chi connectivity index (χ1) is 16.7. The number of ether oxygens (including phenoxy) is 1. The zero-order chi connectivity index (χ0) is 23.8. The third kappa shape index (κ3) is 6.12. The standard InChI is InChI=1S/C28H34N4O2/c1-34-27-5-2-4-23(28(27)33)19-30-13-3-14-31-25-12-15-32-26-17-22(10-11-24(25)26)16-20-6-8-21(18-29)9-7-20/h6-12,15,17,23,27-28,30,33H,2-5,13-14,16,19H2,1H3,(H,31,32). The molecule has 0 spiro atoms. The molecule has 1 heterocycles. The lowest BCUT2D eigenvalue weighted by molar-refractivity contribution is -0.0654. The van der Waals surface area contributed by atoms with E-state index in [0.717, 1.165) is 68.3 Å². The van der Waals surface area contributed by atoms with Crippen molar-refractivity contribution in [1.82, 2.24) is 10.3 Å². The molecule has 1 aromatic heterocycles. The van der Waals surface area contributed by atoms with Gasteiger partial charge in [-0.05, 0) is 73.5 Å². The summed E-state index contributed by atoms with van der Waals surface area (Å²) in [6.45, 7) is 2.61. The molecule has 6 heteroatoms. The first-order valence-electron chi connectivity index (χ1n) is 12.2. The number of pyridine rings is 1. The predicted octanol–water partition coefficient (Wildman–Crippen LogP) is 4.26. The Bertz CT molecular complexity index is 1110. The van der Waals surface area contributed by atoms with Crippen molar-refractivity contribution in [3.63, 3.8) is 0 Å². The molecule has 1 aliphatic carbocycles. The van der Waals surface area contributed by atoms with Crippen LogP contribution in [0, 0.1) is 17.2 Å². The maximum absolute atomic E-state index is 10.4. The van der Waals surface area contributed by atoms with Crippen molar-refractivity contribution in [2.75, 3.05) is 32.1 Å². The highest BCUT2D eigenvalue weighted by Gasteiger charge is 2.31. The molecule has 178 valence electrons. The van der Waals surface area contributed by atoms with Crippen LogP contribution in [-0.4, -0.2) is 49.0 Å². The molecule has 4 rings (SSSR count). The summed E-state index contributed by atoms with van der Waals surface area (Å²) in [5.74, 6) is 0.272. The number of rotatable bonds is 10. The van der Waals surface area contributed by atoms with Crippen LogP contribution in [0.5, 0.6) is 0 Å². The highest BCUT2D eigenvalue weighted by Crippen LogP contribution is 2.26. The second-order valence-electron chi connectivity index (χ2n) is 9.14. The third-order valence-corrected chi connectivity index (χ3v) is 6.78. The summed E-state index contributed by atoms with van der Waals surface area (Å²) in [7, 11) is 1.69. The fourth-order valence-electron chi connectivity index (χ4n) is 4.82. The minimum Gasteiger partial charge on any atom is -0.390 e. The van der Waals surface area contributed by atoms with Gasteiger partial charge in [-0.25, -0.2) is 0 Å². The van der Waals surface area contributed by atoms with E-state index >= 15 is 0 Å². The van der Waals surface area contributed by atoms with Crippen LogP contribution in [0.15, 0.2) is 54.7 Å². The van der Waals surface area contributed by atoms with Crippen LogP contribution in [0.4, 0.5) is 5.69 Å². The number of hydrogen-bond acceptors (Lipinski definition) is 6. The first kappa shape index (κ1) is 24.2. The molecule has 0 aliphatic heterocycles. The Morgan fingerprint density at radius 3 is 2.71 bits per heavy atom. The SMILES string of the molecule is COC1CCCC(CNCCCNc2ccnc3cc(Cc4ccc(C#N)cc4)ccc23)C1O. The average molecular weight is 459 g/mol. The molecular formula is C28H34N4O2. The second-order valence-corrected chi connectivity index (χ2v) is 9.14. The van der Waals surface area contributed by atoms with Crippen molar-refractivity contribution in [1.29, 1.82) is 5.26 Å². The molecule has 3 aromatic rings. The Morgan fingerprint density at radius 1 is 1.09 bits per heavy atom. The van der Waals surface area contributed by atoms with Gasteiger partial charge >= 0.3 is 0 Å². The monoisotopic (exact) mass is 458 g/mol. The van der Waals surface area contributed by atoms with Crippen LogP contribution in [0.25, 0.3) is 10.9 Å². The molecule has 3 atom stereocenters. The van der Waals surface area contributed by atoms with E-state index in [-0.39, 0.29) is 18.1 Å². The van der Waals surface area contributed by atoms with E-state index in [1.54, 1.807) is 7.11 Å². The van der Waals surface area contributed by atoms with Crippen LogP contribution < -0.4 is 10.6 Å². The Balaban J connectivity index is 1.26. The number of fused-ring (bicyclic) bond motifs is 1. The Morgan fingerprint density at radius 2 is 1.91 bits per heavy atom. The van der Waals surface area contributed by atoms with E-state index in [1.807, 2.05) is 36.5 Å². The van der Waals surface area contributed by atoms with Gasteiger partial charge in [0.05, 0.1) is 29.4 Å². The minimum atomic E-state index is -0.366. The summed E-state index contributed by atoms with van der Waals surface area (Å²) in [6.07, 6.45) is 6.40. The number of anilines is 1. The molecule has 0 radical (unpaired) electrons. The molecule has 1 saturated carbocycles. The van der Waals surface area contributed by atoms with Gasteiger partial charge in [0.2, 0.25) is 0 Å². The maximum Gasteiger partial charge on any atom is 0.0991 e. The lowest BCUT2D eigenvalue weighted by Crippen LogP contribution is -2.43. The largest absolute Gasteiger partial charge is 0.390 e. The number of aromatic nitrogens is 1. The van der Waals surface area contributed by atoms with Crippen molar-refractivity contribution in [2.24, 2.45) is 5.92 Å². The fraction of sp³-hybridized carbons (Fsp3) is 0.429. The van der Waals surface area contributed by atoms with Crippen molar-refractivity contribution >= 4 is 16.6 Å². The highest BCUT2D eigenvalue weighted by atomic mass is 16.5. The van der Waals surface area contributed by atoms with Gasteiger partial charge in [-0.1, -0.05) is 30.7 Å². The molecule has 6 nitrogen and oxygen atoms in total. The topological polar surface area (TPSA) is 90.2 Å². The molecular weight excluding hydrogens is 424 g/mol. The summed E-state index contributed by atoms with van der Waals surface area (Å²) < 4.78 is 5.40. The van der Waals surface area contributed by atoms with Gasteiger partial charge in [-0.3, -0.25) is 4.98 Å². The Labute approximate surface area is 202 Å². The van der Waals surface area contributed by atoms with Gasteiger partial charge in [0, 0.05) is 37.5 Å². The number of hydrogen-bond donors (Lipinski definition) is 3. The number of aliphatic hydroxyl groups is 1. The van der Waals surface area contributed by atoms with Gasteiger partial charge in [0.1, 0.15) is 0 Å². The normalized spacial score (nSPS) is 20.2. The van der Waals surface area contributed by atoms with E-state index in [9.17, 15) is 5.11 Å². The minimum absolute atomic E-state index is 0.0215. The average Bonchev–Trinajstić information content (AvgIpc) is 2.87. The molecule has 3 N–H and O–H groups in total. The highest BCUT2D eigenvalue weighted by molar-refractivity contribution is 5.91. The summed E-state index contributed by atoms with van der Waals surface area (Å²) in [4.78, 5) is 4.57. The Hall–Kier alpha value is -2.98. The van der Waals surface area contributed by atoms with E-state index in [2.05, 4.69) is 39.9 Å². The van der Waals surface area contributed by atoms with Crippen LogP contribution >= 0.6 is 0 Å². The number of benzene rings is 2. The smallest absolute Gasteiger partial charge is 0.0991 e. The molecule has 1 aliphatic rings. The molecule has 1 fully saturated rings. The molecule has 34 heavy (non-hydrogen) atoms. The molecule has 2 aromatic carbocycles. The van der Waals surface area contributed by atoms with Crippen LogP contribution in [0.1, 0.15) is 42.4 Å². The van der Waals surface area contributed by atoms with Crippen molar-refractivity contribution in [2.45, 2.75) is 44.3 Å². The molecule has 0 bridgehead atoms. The van der Waals surface area contributed by atoms with Crippen LogP contribution in [-0.2, 0) is 11.2 Å². The number of methoxy groups -OCH3 is 1. The molecule has 0 saturated heterocycles. The van der Waals surface area contributed by atoms with E-state index < -0.39 is 0 Å². The lowest BCUT2D eigenvalue weighted by atomic mass is 9.84. The van der Waals surface area contributed by atoms with Gasteiger partial charge in [0.25, 0.3) is 0 Å². The molecule has 0 amide bonds. The van der Waals surface area contributed by atoms with Gasteiger partial charge in [-0.15, -0.1) is 0 Å². The Kier molecular flexibility index (Phi) is 8.48. The van der Waals surface area contributed by atoms with E-state index in [0.29, 0.717) is 5.56 Å². The lowest BCUT2D eigenvalue weighted by Gasteiger charge is -2.34. The summed E-state index contributed by atoms with van der Waals surface area (Å²) >= 11 is 0. The predicted molar refractivity (Wildman–Crippen MR) is 136 cm³/mol. The van der Waals surface area contributed by atoms with Crippen molar-refractivity contribution < 1.29 is 9.84 Å². The molecule has 3 unspecified atom stereocenters. The van der Waals surface area contributed by atoms with Crippen molar-refractivity contribution in [3.8, 4) is 6.07 Å². The van der Waals surface area contributed by atoms with E-state index in [4.69, 9.17) is 10.00 Å². The summed E-state index contributed by atoms with van der Waals surface area (Å²) in [6, 6.07) is 18.4. The van der Waals surface area contributed by atoms with Gasteiger partial charge in [-0.2, -0.15) is 5.26 Å². The van der Waals surface area contributed by atoms with Crippen molar-refractivity contribution in [3.05, 3.63) is 71.4 Å². The number of nitrogens with zero attached hydrogens (tertiary/aromatic N) is 2. The fourth-order valence-corrected chi connectivity index (χ4v) is 4.82. The zero-order valence-corrected chi connectivity index (χ0v) is 19.8. The number of aliphatic hydroxyl groups excluding tert-OH is 1. The van der Waals surface area contributed by atoms with Crippen LogP contribution in [0.3, 0.4) is 0 Å². The first-order valence-corrected chi connectivity index (χ1v) is 12.2. The maximum atomic E-state index is 10.4. The zero-order valence-electron chi connectivity index (χ0n) is 19.8. The van der Waals surface area contributed by atoms with E-state index in [1.165, 1.54) is 11.1 Å². The van der Waals surface area contributed by atoms with Gasteiger partial charge < -0.3 is 20.5 Å². The quantitative estimate of drug-likeness (QED) is 0.393. The summed E-state index contributed by atoms with van der Waals surface area (Å²) in [5.41, 5.74) is 5.14. The number of nitrogens with one attached hydrogen (secondary N) is 2.